The van der Waals surface area contributed by atoms with E-state index in [1.54, 1.807) is 0 Å². The molecule has 112 valence electrons. The Balaban J connectivity index is 1.57. The zero-order valence-corrected chi connectivity index (χ0v) is 12.7. The first-order valence-corrected chi connectivity index (χ1v) is 8.17. The standard InChI is InChI=1S/C18H24N2O/c1-13(14-9-5-4-6-10-14)19-20-18(21)17-15-11-7-2-3-8-12-16(15)17/h4-6,9-10,15-17H,2-3,7-8,11-12H2,1H3,(H,20,21)/t15-,16+,17?. The van der Waals surface area contributed by atoms with Gasteiger partial charge in [0.15, 0.2) is 0 Å². The van der Waals surface area contributed by atoms with Crippen LogP contribution in [0.25, 0.3) is 0 Å². The zero-order valence-electron chi connectivity index (χ0n) is 12.7. The van der Waals surface area contributed by atoms with Crippen LogP contribution in [-0.2, 0) is 4.79 Å². The summed E-state index contributed by atoms with van der Waals surface area (Å²) in [6.07, 6.45) is 7.70. The number of nitrogens with zero attached hydrogens (tertiary/aromatic N) is 1. The van der Waals surface area contributed by atoms with Crippen molar-refractivity contribution in [3.63, 3.8) is 0 Å². The van der Waals surface area contributed by atoms with E-state index in [-0.39, 0.29) is 11.8 Å². The van der Waals surface area contributed by atoms with E-state index in [1.807, 2.05) is 37.3 Å². The van der Waals surface area contributed by atoms with Crippen LogP contribution in [0.4, 0.5) is 0 Å². The fraction of sp³-hybridized carbons (Fsp3) is 0.556. The van der Waals surface area contributed by atoms with Gasteiger partial charge in [-0.1, -0.05) is 56.0 Å². The quantitative estimate of drug-likeness (QED) is 0.666. The molecule has 1 unspecified atom stereocenters. The van der Waals surface area contributed by atoms with Gasteiger partial charge in [-0.2, -0.15) is 5.10 Å². The van der Waals surface area contributed by atoms with Crippen LogP contribution < -0.4 is 5.43 Å². The average Bonchev–Trinajstić information content (AvgIpc) is 3.16. The second-order valence-electron chi connectivity index (χ2n) is 6.38. The summed E-state index contributed by atoms with van der Waals surface area (Å²) in [5.41, 5.74) is 4.71. The van der Waals surface area contributed by atoms with E-state index in [4.69, 9.17) is 0 Å². The highest BCUT2D eigenvalue weighted by Gasteiger charge is 2.53. The molecule has 1 N–H and O–H groups in total. The minimum atomic E-state index is 0.127. The van der Waals surface area contributed by atoms with Crippen molar-refractivity contribution in [3.8, 4) is 0 Å². The number of fused-ring (bicyclic) bond motifs is 1. The molecule has 2 fully saturated rings. The zero-order chi connectivity index (χ0) is 14.7. The number of carbonyl (C=O) groups is 1. The lowest BCUT2D eigenvalue weighted by atomic mass is 10.0. The molecule has 21 heavy (non-hydrogen) atoms. The van der Waals surface area contributed by atoms with Crippen LogP contribution in [0.3, 0.4) is 0 Å². The molecule has 3 atom stereocenters. The topological polar surface area (TPSA) is 41.5 Å². The second-order valence-corrected chi connectivity index (χ2v) is 6.38. The molecule has 0 bridgehead atoms. The number of hydrogen-bond acceptors (Lipinski definition) is 2. The predicted octanol–water partition coefficient (Wildman–Crippen LogP) is 3.74. The Hall–Kier alpha value is -1.64. The number of nitrogens with one attached hydrogen (secondary N) is 1. The summed E-state index contributed by atoms with van der Waals surface area (Å²) in [6.45, 7) is 1.94. The molecule has 0 spiro atoms. The van der Waals surface area contributed by atoms with Crippen molar-refractivity contribution in [2.45, 2.75) is 45.4 Å². The van der Waals surface area contributed by atoms with Gasteiger partial charge in [-0.3, -0.25) is 4.79 Å². The van der Waals surface area contributed by atoms with Gasteiger partial charge >= 0.3 is 0 Å². The van der Waals surface area contributed by atoms with Gasteiger partial charge in [-0.15, -0.1) is 0 Å². The third-order valence-corrected chi connectivity index (χ3v) is 4.98. The maximum absolute atomic E-state index is 12.3. The number of hydrazone groups is 1. The van der Waals surface area contributed by atoms with E-state index in [9.17, 15) is 4.79 Å². The number of benzene rings is 1. The SMILES string of the molecule is CC(=NNC(=O)C1[C@H]2CCCCCC[C@@H]12)c1ccccc1. The van der Waals surface area contributed by atoms with Gasteiger partial charge in [0.25, 0.3) is 0 Å². The van der Waals surface area contributed by atoms with Gasteiger partial charge in [0, 0.05) is 5.92 Å². The monoisotopic (exact) mass is 284 g/mol. The van der Waals surface area contributed by atoms with E-state index >= 15 is 0 Å². The van der Waals surface area contributed by atoms with Crippen LogP contribution >= 0.6 is 0 Å². The molecule has 1 aromatic carbocycles. The maximum Gasteiger partial charge on any atom is 0.243 e. The molecule has 0 saturated heterocycles. The van der Waals surface area contributed by atoms with E-state index in [0.29, 0.717) is 11.8 Å². The van der Waals surface area contributed by atoms with Crippen molar-refractivity contribution in [2.24, 2.45) is 22.9 Å². The number of rotatable bonds is 3. The first kappa shape index (κ1) is 14.3. The molecule has 1 amide bonds. The van der Waals surface area contributed by atoms with Crippen molar-refractivity contribution in [1.82, 2.24) is 5.43 Å². The third-order valence-electron chi connectivity index (χ3n) is 4.98. The lowest BCUT2D eigenvalue weighted by Crippen LogP contribution is -2.22. The molecule has 3 heteroatoms. The van der Waals surface area contributed by atoms with Crippen molar-refractivity contribution in [3.05, 3.63) is 35.9 Å². The molecule has 2 aliphatic carbocycles. The highest BCUT2D eigenvalue weighted by Crippen LogP contribution is 2.53. The van der Waals surface area contributed by atoms with E-state index in [0.717, 1.165) is 11.3 Å². The Morgan fingerprint density at radius 1 is 1.05 bits per heavy atom. The number of hydrogen-bond donors (Lipinski definition) is 1. The summed E-state index contributed by atoms with van der Waals surface area (Å²) in [5.74, 6) is 1.59. The maximum atomic E-state index is 12.3. The Morgan fingerprint density at radius 3 is 2.29 bits per heavy atom. The summed E-state index contributed by atoms with van der Waals surface area (Å²) in [5, 5.41) is 4.28. The largest absolute Gasteiger partial charge is 0.273 e. The second kappa shape index (κ2) is 6.42. The molecule has 3 nitrogen and oxygen atoms in total. The average molecular weight is 284 g/mol. The summed E-state index contributed by atoms with van der Waals surface area (Å²) >= 11 is 0. The van der Waals surface area contributed by atoms with Crippen LogP contribution in [0.5, 0.6) is 0 Å². The molecule has 0 aliphatic heterocycles. The molecule has 3 rings (SSSR count). The molecule has 2 aliphatic rings. The van der Waals surface area contributed by atoms with E-state index in [1.165, 1.54) is 38.5 Å². The van der Waals surface area contributed by atoms with Crippen molar-refractivity contribution in [1.29, 1.82) is 0 Å². The molecular formula is C18H24N2O. The summed E-state index contributed by atoms with van der Waals surface area (Å²) in [4.78, 5) is 12.3. The lowest BCUT2D eigenvalue weighted by Gasteiger charge is -2.04. The van der Waals surface area contributed by atoms with E-state index in [2.05, 4.69) is 10.5 Å². The number of amides is 1. The smallest absolute Gasteiger partial charge is 0.243 e. The molecular weight excluding hydrogens is 260 g/mol. The Kier molecular flexibility index (Phi) is 4.37. The van der Waals surface area contributed by atoms with Gasteiger partial charge in [0.2, 0.25) is 5.91 Å². The Morgan fingerprint density at radius 2 is 1.67 bits per heavy atom. The highest BCUT2D eigenvalue weighted by molar-refractivity contribution is 5.99. The minimum Gasteiger partial charge on any atom is -0.273 e. The third kappa shape index (κ3) is 3.34. The van der Waals surface area contributed by atoms with Crippen LogP contribution in [-0.4, -0.2) is 11.6 Å². The van der Waals surface area contributed by atoms with Gasteiger partial charge in [-0.05, 0) is 37.2 Å². The van der Waals surface area contributed by atoms with Gasteiger partial charge in [0.1, 0.15) is 0 Å². The Labute approximate surface area is 126 Å². The van der Waals surface area contributed by atoms with E-state index < -0.39 is 0 Å². The summed E-state index contributed by atoms with van der Waals surface area (Å²) in [6, 6.07) is 9.97. The fourth-order valence-corrected chi connectivity index (χ4v) is 3.69. The number of carbonyl (C=O) groups excluding carboxylic acids is 1. The summed E-state index contributed by atoms with van der Waals surface area (Å²) < 4.78 is 0. The van der Waals surface area contributed by atoms with Gasteiger partial charge in [0.05, 0.1) is 5.71 Å². The molecule has 1 aromatic rings. The Bertz CT molecular complexity index is 509. The molecule has 2 saturated carbocycles. The normalized spacial score (nSPS) is 29.0. The fourth-order valence-electron chi connectivity index (χ4n) is 3.69. The van der Waals surface area contributed by atoms with Crippen LogP contribution in [0.1, 0.15) is 51.0 Å². The van der Waals surface area contributed by atoms with Gasteiger partial charge in [-0.25, -0.2) is 5.43 Å². The van der Waals surface area contributed by atoms with Crippen LogP contribution in [0.15, 0.2) is 35.4 Å². The van der Waals surface area contributed by atoms with Gasteiger partial charge < -0.3 is 0 Å². The van der Waals surface area contributed by atoms with Crippen LogP contribution in [0, 0.1) is 17.8 Å². The lowest BCUT2D eigenvalue weighted by molar-refractivity contribution is -0.122. The molecule has 0 radical (unpaired) electrons. The van der Waals surface area contributed by atoms with Crippen molar-refractivity contribution in [2.75, 3.05) is 0 Å². The molecule has 0 heterocycles. The van der Waals surface area contributed by atoms with Crippen molar-refractivity contribution < 1.29 is 4.79 Å². The first-order chi connectivity index (χ1) is 10.3. The minimum absolute atomic E-state index is 0.127. The van der Waals surface area contributed by atoms with Crippen molar-refractivity contribution >= 4 is 11.6 Å². The first-order valence-electron chi connectivity index (χ1n) is 8.17. The summed E-state index contributed by atoms with van der Waals surface area (Å²) in [7, 11) is 0. The predicted molar refractivity (Wildman–Crippen MR) is 85.0 cm³/mol. The van der Waals surface area contributed by atoms with Crippen LogP contribution in [0.2, 0.25) is 0 Å². The highest BCUT2D eigenvalue weighted by atomic mass is 16.2. The molecule has 0 aromatic heterocycles.